The van der Waals surface area contributed by atoms with E-state index in [0.717, 1.165) is 0 Å². The van der Waals surface area contributed by atoms with Crippen LogP contribution in [0.1, 0.15) is 23.7 Å². The molecule has 2 aromatic heterocycles. The smallest absolute Gasteiger partial charge is 0.312 e. The first-order valence-corrected chi connectivity index (χ1v) is 9.22. The number of hydrogen-bond acceptors (Lipinski definition) is 6. The van der Waals surface area contributed by atoms with Crippen LogP contribution in [-0.4, -0.2) is 11.1 Å². The molecule has 0 radical (unpaired) electrons. The molecule has 1 aliphatic heterocycles. The Morgan fingerprint density at radius 2 is 1.86 bits per heavy atom. The van der Waals surface area contributed by atoms with Crippen molar-refractivity contribution in [3.8, 4) is 22.6 Å². The molecule has 144 valence electrons. The molecule has 1 aliphatic rings. The number of rotatable bonds is 2. The minimum Gasteiger partial charge on any atom is -0.507 e. The number of phenols is 1. The van der Waals surface area contributed by atoms with Gasteiger partial charge in [0.15, 0.2) is 0 Å². The molecule has 0 unspecified atom stereocenters. The van der Waals surface area contributed by atoms with Crippen LogP contribution in [0.25, 0.3) is 22.1 Å². The van der Waals surface area contributed by atoms with Crippen molar-refractivity contribution in [3.63, 3.8) is 0 Å². The van der Waals surface area contributed by atoms with Crippen molar-refractivity contribution in [3.05, 3.63) is 81.6 Å². The van der Waals surface area contributed by atoms with Gasteiger partial charge in [0.25, 0.3) is 0 Å². The molecule has 0 fully saturated rings. The Morgan fingerprint density at radius 3 is 2.59 bits per heavy atom. The molecule has 0 saturated heterocycles. The lowest BCUT2D eigenvalue weighted by Crippen LogP contribution is -2.21. The van der Waals surface area contributed by atoms with Crippen molar-refractivity contribution in [2.45, 2.75) is 12.3 Å². The fourth-order valence-corrected chi connectivity index (χ4v) is 3.82. The van der Waals surface area contributed by atoms with E-state index in [4.69, 9.17) is 25.2 Å². The third-order valence-electron chi connectivity index (χ3n) is 5.01. The van der Waals surface area contributed by atoms with Crippen LogP contribution >= 0.6 is 11.6 Å². The topological polar surface area (TPSA) is 89.9 Å². The predicted octanol–water partition coefficient (Wildman–Crippen LogP) is 4.85. The van der Waals surface area contributed by atoms with Gasteiger partial charge < -0.3 is 18.7 Å². The van der Waals surface area contributed by atoms with Crippen molar-refractivity contribution in [1.29, 1.82) is 0 Å². The summed E-state index contributed by atoms with van der Waals surface area (Å²) < 4.78 is 16.6. The van der Waals surface area contributed by atoms with E-state index < -0.39 is 17.3 Å². The summed E-state index contributed by atoms with van der Waals surface area (Å²) in [5.74, 6) is -0.586. The highest BCUT2D eigenvalue weighted by Gasteiger charge is 2.35. The lowest BCUT2D eigenvalue weighted by molar-refractivity contribution is -0.135. The maximum Gasteiger partial charge on any atom is 0.312 e. The predicted molar refractivity (Wildman–Crippen MR) is 105 cm³/mol. The Hall–Kier alpha value is -3.51. The second kappa shape index (κ2) is 6.53. The lowest BCUT2D eigenvalue weighted by Gasteiger charge is -2.24. The van der Waals surface area contributed by atoms with Gasteiger partial charge in [-0.2, -0.15) is 0 Å². The summed E-state index contributed by atoms with van der Waals surface area (Å²) in [7, 11) is 0. The van der Waals surface area contributed by atoms with Crippen molar-refractivity contribution in [2.24, 2.45) is 0 Å². The summed E-state index contributed by atoms with van der Waals surface area (Å²) in [5, 5.41) is 11.1. The normalized spacial score (nSPS) is 15.9. The third kappa shape index (κ3) is 2.80. The van der Waals surface area contributed by atoms with Gasteiger partial charge >= 0.3 is 5.97 Å². The Balaban J connectivity index is 1.79. The standard InChI is InChI=1S/C22H13ClO6/c23-12-5-3-11(4-6-12)14-10-28-22-19-13(16-2-1-7-27-16)8-18(25)29-17(19)9-15(24)20(22)21(14)26/h1-7,9-10,13,24H,8H2/t13-/m1/s1. The highest BCUT2D eigenvalue weighted by atomic mass is 35.5. The first-order valence-electron chi connectivity index (χ1n) is 8.84. The molecule has 6 nitrogen and oxygen atoms in total. The maximum atomic E-state index is 13.2. The van der Waals surface area contributed by atoms with E-state index in [9.17, 15) is 14.7 Å². The summed E-state index contributed by atoms with van der Waals surface area (Å²) >= 11 is 5.92. The molecule has 1 N–H and O–H groups in total. The zero-order chi connectivity index (χ0) is 20.1. The van der Waals surface area contributed by atoms with E-state index in [0.29, 0.717) is 21.9 Å². The van der Waals surface area contributed by atoms with Gasteiger partial charge in [-0.1, -0.05) is 23.7 Å². The molecule has 5 rings (SSSR count). The average Bonchev–Trinajstić information content (AvgIpc) is 3.23. The summed E-state index contributed by atoms with van der Waals surface area (Å²) in [6, 6.07) is 11.5. The highest BCUT2D eigenvalue weighted by molar-refractivity contribution is 6.30. The number of aromatic hydroxyl groups is 1. The largest absolute Gasteiger partial charge is 0.507 e. The Kier molecular flexibility index (Phi) is 3.96. The molecule has 7 heteroatoms. The van der Waals surface area contributed by atoms with Gasteiger partial charge in [-0.15, -0.1) is 0 Å². The zero-order valence-corrected chi connectivity index (χ0v) is 15.6. The molecule has 3 heterocycles. The molecule has 29 heavy (non-hydrogen) atoms. The summed E-state index contributed by atoms with van der Waals surface area (Å²) in [6.07, 6.45) is 2.87. The van der Waals surface area contributed by atoms with E-state index in [-0.39, 0.29) is 34.5 Å². The first-order chi connectivity index (χ1) is 14.0. The van der Waals surface area contributed by atoms with E-state index >= 15 is 0 Å². The van der Waals surface area contributed by atoms with Crippen molar-refractivity contribution in [1.82, 2.24) is 0 Å². The van der Waals surface area contributed by atoms with Crippen LogP contribution in [0.3, 0.4) is 0 Å². The number of ether oxygens (including phenoxy) is 1. The molecule has 4 aromatic rings. The highest BCUT2D eigenvalue weighted by Crippen LogP contribution is 2.45. The summed E-state index contributed by atoms with van der Waals surface area (Å²) in [5.41, 5.74) is 1.15. The van der Waals surface area contributed by atoms with Gasteiger partial charge in [-0.05, 0) is 29.8 Å². The number of phenolic OH excluding ortho intramolecular Hbond substituents is 1. The van der Waals surface area contributed by atoms with Crippen LogP contribution in [0.2, 0.25) is 5.02 Å². The number of fused-ring (bicyclic) bond motifs is 3. The van der Waals surface area contributed by atoms with Gasteiger partial charge in [-0.25, -0.2) is 0 Å². The molecule has 0 aliphatic carbocycles. The first kappa shape index (κ1) is 17.6. The van der Waals surface area contributed by atoms with Crippen LogP contribution in [0.5, 0.6) is 11.5 Å². The molecule has 0 spiro atoms. The number of halogens is 1. The summed E-state index contributed by atoms with van der Waals surface area (Å²) in [6.45, 7) is 0. The SMILES string of the molecule is O=C1C[C@H](c2ccco2)c2c(cc(O)c3c(=O)c(-c4ccc(Cl)cc4)coc23)O1. The van der Waals surface area contributed by atoms with Crippen molar-refractivity contribution >= 4 is 28.5 Å². The molecule has 2 aromatic carbocycles. The van der Waals surface area contributed by atoms with Crippen LogP contribution in [0.15, 0.2) is 68.6 Å². The Bertz CT molecular complexity index is 1300. The number of carbonyl (C=O) groups is 1. The number of hydrogen-bond donors (Lipinski definition) is 1. The quantitative estimate of drug-likeness (QED) is 0.376. The zero-order valence-electron chi connectivity index (χ0n) is 14.8. The molecular formula is C22H13ClO6. The van der Waals surface area contributed by atoms with Gasteiger partial charge in [0.05, 0.1) is 24.2 Å². The number of esters is 1. The van der Waals surface area contributed by atoms with E-state index in [1.165, 1.54) is 18.6 Å². The fourth-order valence-electron chi connectivity index (χ4n) is 3.69. The van der Waals surface area contributed by atoms with Crippen LogP contribution in [0.4, 0.5) is 0 Å². The second-order valence-corrected chi connectivity index (χ2v) is 7.18. The van der Waals surface area contributed by atoms with Gasteiger partial charge in [-0.3, -0.25) is 9.59 Å². The third-order valence-corrected chi connectivity index (χ3v) is 5.26. The van der Waals surface area contributed by atoms with Crippen molar-refractivity contribution in [2.75, 3.05) is 0 Å². The molecule has 0 amide bonds. The average molecular weight is 409 g/mol. The van der Waals surface area contributed by atoms with E-state index in [2.05, 4.69) is 0 Å². The van der Waals surface area contributed by atoms with Gasteiger partial charge in [0.2, 0.25) is 5.43 Å². The molecule has 0 saturated carbocycles. The fraction of sp³-hybridized carbons (Fsp3) is 0.0909. The maximum absolute atomic E-state index is 13.2. The second-order valence-electron chi connectivity index (χ2n) is 6.74. The minimum atomic E-state index is -0.492. The minimum absolute atomic E-state index is 0.0192. The van der Waals surface area contributed by atoms with Crippen LogP contribution in [0, 0.1) is 0 Å². The van der Waals surface area contributed by atoms with Gasteiger partial charge in [0, 0.05) is 16.7 Å². The van der Waals surface area contributed by atoms with Crippen molar-refractivity contribution < 1.29 is 23.5 Å². The number of furan rings is 1. The van der Waals surface area contributed by atoms with Gasteiger partial charge in [0.1, 0.15) is 34.5 Å². The molecule has 0 bridgehead atoms. The lowest BCUT2D eigenvalue weighted by atomic mass is 9.88. The van der Waals surface area contributed by atoms with Crippen LogP contribution < -0.4 is 10.2 Å². The molecule has 1 atom stereocenters. The Morgan fingerprint density at radius 1 is 1.07 bits per heavy atom. The molecular weight excluding hydrogens is 396 g/mol. The monoisotopic (exact) mass is 408 g/mol. The number of carbonyl (C=O) groups excluding carboxylic acids is 1. The Labute approximate surface area is 168 Å². The number of benzene rings is 2. The van der Waals surface area contributed by atoms with E-state index in [1.54, 1.807) is 36.4 Å². The van der Waals surface area contributed by atoms with E-state index in [1.807, 2.05) is 0 Å². The summed E-state index contributed by atoms with van der Waals surface area (Å²) in [4.78, 5) is 25.3. The van der Waals surface area contributed by atoms with Crippen LogP contribution in [-0.2, 0) is 4.79 Å².